The van der Waals surface area contributed by atoms with Crippen LogP contribution in [0.25, 0.3) is 0 Å². The minimum atomic E-state index is 0.241. The molecule has 5 heteroatoms. The number of carbonyl (C=O) groups is 1. The van der Waals surface area contributed by atoms with E-state index in [2.05, 4.69) is 16.3 Å². The fourth-order valence-corrected chi connectivity index (χ4v) is 3.90. The third-order valence-electron chi connectivity index (χ3n) is 5.20. The van der Waals surface area contributed by atoms with E-state index >= 15 is 0 Å². The molecule has 1 aliphatic carbocycles. The molecule has 2 aliphatic rings. The first-order chi connectivity index (χ1) is 11.7. The number of amides is 1. The number of nitrogens with one attached hydrogen (secondary N) is 1. The van der Waals surface area contributed by atoms with E-state index in [1.807, 2.05) is 23.1 Å². The smallest absolute Gasteiger partial charge is 0.236 e. The molecule has 132 valence electrons. The fourth-order valence-electron chi connectivity index (χ4n) is 3.71. The average molecular weight is 350 g/mol. The maximum Gasteiger partial charge on any atom is 0.236 e. The molecule has 2 fully saturated rings. The predicted molar refractivity (Wildman–Crippen MR) is 99.7 cm³/mol. The van der Waals surface area contributed by atoms with Gasteiger partial charge in [0.1, 0.15) is 0 Å². The lowest BCUT2D eigenvalue weighted by molar-refractivity contribution is -0.130. The zero-order valence-corrected chi connectivity index (χ0v) is 15.1. The Bertz CT molecular complexity index is 535. The minimum Gasteiger partial charge on any atom is -0.368 e. The number of benzene rings is 1. The molecule has 0 bridgehead atoms. The molecular formula is C19H28ClN3O. The Balaban J connectivity index is 1.43. The van der Waals surface area contributed by atoms with Crippen LogP contribution in [0.3, 0.4) is 0 Å². The molecule has 1 aromatic rings. The zero-order chi connectivity index (χ0) is 16.8. The Hall–Kier alpha value is -1.26. The monoisotopic (exact) mass is 349 g/mol. The van der Waals surface area contributed by atoms with Crippen LogP contribution in [-0.4, -0.2) is 49.6 Å². The van der Waals surface area contributed by atoms with Crippen LogP contribution in [0.1, 0.15) is 38.5 Å². The number of nitrogens with zero attached hydrogens (tertiary/aromatic N) is 2. The van der Waals surface area contributed by atoms with Gasteiger partial charge in [0, 0.05) is 42.9 Å². The van der Waals surface area contributed by atoms with Gasteiger partial charge in [0.2, 0.25) is 5.91 Å². The second-order valence-corrected chi connectivity index (χ2v) is 7.35. The highest BCUT2D eigenvalue weighted by atomic mass is 35.5. The summed E-state index contributed by atoms with van der Waals surface area (Å²) in [5.74, 6) is 0.241. The maximum absolute atomic E-state index is 12.4. The van der Waals surface area contributed by atoms with Gasteiger partial charge >= 0.3 is 0 Å². The number of anilines is 1. The van der Waals surface area contributed by atoms with Gasteiger partial charge in [0.25, 0.3) is 0 Å². The van der Waals surface area contributed by atoms with Crippen molar-refractivity contribution < 1.29 is 4.79 Å². The fraction of sp³-hybridized carbons (Fsp3) is 0.632. The SMILES string of the molecule is O=C(CNC1CCCCCC1)N1CCN(c2cccc(Cl)c2)CC1. The summed E-state index contributed by atoms with van der Waals surface area (Å²) in [6.07, 6.45) is 7.72. The summed E-state index contributed by atoms with van der Waals surface area (Å²) in [7, 11) is 0. The number of carbonyl (C=O) groups excluding carboxylic acids is 1. The second-order valence-electron chi connectivity index (χ2n) is 6.92. The van der Waals surface area contributed by atoms with Gasteiger partial charge in [-0.3, -0.25) is 4.79 Å². The molecule has 1 saturated heterocycles. The van der Waals surface area contributed by atoms with Crippen LogP contribution in [0.15, 0.2) is 24.3 Å². The summed E-state index contributed by atoms with van der Waals surface area (Å²) in [4.78, 5) is 16.7. The van der Waals surface area contributed by atoms with E-state index in [-0.39, 0.29) is 5.91 Å². The van der Waals surface area contributed by atoms with E-state index in [1.165, 1.54) is 38.5 Å². The molecule has 1 N–H and O–H groups in total. The molecule has 1 aromatic carbocycles. The molecular weight excluding hydrogens is 322 g/mol. The second kappa shape index (κ2) is 8.72. The number of halogens is 1. The number of hydrogen-bond acceptors (Lipinski definition) is 3. The zero-order valence-electron chi connectivity index (χ0n) is 14.3. The lowest BCUT2D eigenvalue weighted by Crippen LogP contribution is -2.51. The molecule has 1 saturated carbocycles. The van der Waals surface area contributed by atoms with Gasteiger partial charge in [-0.15, -0.1) is 0 Å². The quantitative estimate of drug-likeness (QED) is 0.847. The molecule has 1 heterocycles. The molecule has 0 unspecified atom stereocenters. The van der Waals surface area contributed by atoms with Gasteiger partial charge in [-0.2, -0.15) is 0 Å². The highest BCUT2D eigenvalue weighted by molar-refractivity contribution is 6.30. The van der Waals surface area contributed by atoms with Gasteiger partial charge in [0.15, 0.2) is 0 Å². The van der Waals surface area contributed by atoms with Crippen molar-refractivity contribution in [2.24, 2.45) is 0 Å². The van der Waals surface area contributed by atoms with Crippen LogP contribution in [0.5, 0.6) is 0 Å². The van der Waals surface area contributed by atoms with Gasteiger partial charge in [0.05, 0.1) is 6.54 Å². The Morgan fingerprint density at radius 3 is 2.46 bits per heavy atom. The highest BCUT2D eigenvalue weighted by Crippen LogP contribution is 2.21. The molecule has 1 amide bonds. The van der Waals surface area contributed by atoms with E-state index in [0.717, 1.165) is 36.9 Å². The van der Waals surface area contributed by atoms with Gasteiger partial charge in [-0.05, 0) is 31.0 Å². The Labute approximate surface area is 150 Å². The van der Waals surface area contributed by atoms with E-state index in [1.54, 1.807) is 0 Å². The number of rotatable bonds is 4. The summed E-state index contributed by atoms with van der Waals surface area (Å²) in [6, 6.07) is 8.48. The Morgan fingerprint density at radius 2 is 1.79 bits per heavy atom. The average Bonchev–Trinajstić information content (AvgIpc) is 2.89. The van der Waals surface area contributed by atoms with Crippen LogP contribution in [0.2, 0.25) is 5.02 Å². The van der Waals surface area contributed by atoms with E-state index in [4.69, 9.17) is 11.6 Å². The van der Waals surface area contributed by atoms with E-state index in [0.29, 0.717) is 12.6 Å². The van der Waals surface area contributed by atoms with Crippen LogP contribution >= 0.6 is 11.6 Å². The van der Waals surface area contributed by atoms with Crippen molar-refractivity contribution in [2.45, 2.75) is 44.6 Å². The topological polar surface area (TPSA) is 35.6 Å². The normalized spacial score (nSPS) is 20.0. The van der Waals surface area contributed by atoms with Gasteiger partial charge in [-0.1, -0.05) is 43.4 Å². The molecule has 1 aliphatic heterocycles. The first kappa shape index (κ1) is 17.6. The van der Waals surface area contributed by atoms with E-state index in [9.17, 15) is 4.79 Å². The summed E-state index contributed by atoms with van der Waals surface area (Å²) >= 11 is 6.07. The standard InChI is InChI=1S/C19H28ClN3O/c20-16-6-5-9-18(14-16)22-10-12-23(13-11-22)19(24)15-21-17-7-3-1-2-4-8-17/h5-6,9,14,17,21H,1-4,7-8,10-13,15H2. The Kier molecular flexibility index (Phi) is 6.38. The first-order valence-electron chi connectivity index (χ1n) is 9.24. The van der Waals surface area contributed by atoms with E-state index < -0.39 is 0 Å². The van der Waals surface area contributed by atoms with Gasteiger partial charge in [-0.25, -0.2) is 0 Å². The van der Waals surface area contributed by atoms with Crippen molar-refractivity contribution in [2.75, 3.05) is 37.6 Å². The maximum atomic E-state index is 12.4. The minimum absolute atomic E-state index is 0.241. The van der Waals surface area contributed by atoms with Crippen molar-refractivity contribution in [1.29, 1.82) is 0 Å². The van der Waals surface area contributed by atoms with Crippen molar-refractivity contribution >= 4 is 23.2 Å². The predicted octanol–water partition coefficient (Wildman–Crippen LogP) is 3.30. The summed E-state index contributed by atoms with van der Waals surface area (Å²) < 4.78 is 0. The summed E-state index contributed by atoms with van der Waals surface area (Å²) in [6.45, 7) is 3.81. The molecule has 0 aromatic heterocycles. The highest BCUT2D eigenvalue weighted by Gasteiger charge is 2.22. The summed E-state index contributed by atoms with van der Waals surface area (Å²) in [5.41, 5.74) is 1.14. The van der Waals surface area contributed by atoms with Crippen molar-refractivity contribution in [1.82, 2.24) is 10.2 Å². The van der Waals surface area contributed by atoms with Crippen LogP contribution in [0, 0.1) is 0 Å². The Morgan fingerprint density at radius 1 is 1.08 bits per heavy atom. The van der Waals surface area contributed by atoms with Crippen molar-refractivity contribution in [3.63, 3.8) is 0 Å². The molecule has 0 atom stereocenters. The first-order valence-corrected chi connectivity index (χ1v) is 9.62. The molecule has 0 spiro atoms. The molecule has 4 nitrogen and oxygen atoms in total. The molecule has 0 radical (unpaired) electrons. The van der Waals surface area contributed by atoms with Crippen molar-refractivity contribution in [3.05, 3.63) is 29.3 Å². The largest absolute Gasteiger partial charge is 0.368 e. The number of hydrogen-bond donors (Lipinski definition) is 1. The third-order valence-corrected chi connectivity index (χ3v) is 5.44. The van der Waals surface area contributed by atoms with Crippen molar-refractivity contribution in [3.8, 4) is 0 Å². The third kappa shape index (κ3) is 4.87. The molecule has 24 heavy (non-hydrogen) atoms. The van der Waals surface area contributed by atoms with Crippen LogP contribution < -0.4 is 10.2 Å². The number of piperazine rings is 1. The lowest BCUT2D eigenvalue weighted by Gasteiger charge is -2.36. The van der Waals surface area contributed by atoms with Crippen LogP contribution in [0.4, 0.5) is 5.69 Å². The summed E-state index contributed by atoms with van der Waals surface area (Å²) in [5, 5.41) is 4.25. The van der Waals surface area contributed by atoms with Gasteiger partial charge < -0.3 is 15.1 Å². The molecule has 3 rings (SSSR count). The lowest BCUT2D eigenvalue weighted by atomic mass is 10.1. The van der Waals surface area contributed by atoms with Crippen LogP contribution in [-0.2, 0) is 4.79 Å².